The second-order valence-corrected chi connectivity index (χ2v) is 12.4. The first-order chi connectivity index (χ1) is 14.9. The van der Waals surface area contributed by atoms with Crippen LogP contribution in [-0.2, 0) is 14.4 Å². The van der Waals surface area contributed by atoms with E-state index in [0.717, 1.165) is 24.8 Å². The first kappa shape index (κ1) is 23.6. The molecule has 7 atom stereocenters. The van der Waals surface area contributed by atoms with Gasteiger partial charge in [-0.25, -0.2) is 0 Å². The fourth-order valence-electron chi connectivity index (χ4n) is 8.53. The number of hydrogen-bond acceptors (Lipinski definition) is 3. The van der Waals surface area contributed by atoms with E-state index in [2.05, 4.69) is 54.5 Å². The van der Waals surface area contributed by atoms with Crippen molar-refractivity contribution in [3.8, 4) is 0 Å². The van der Waals surface area contributed by atoms with Gasteiger partial charge in [0.25, 0.3) is 0 Å². The molecule has 4 rings (SSSR count). The van der Waals surface area contributed by atoms with Crippen molar-refractivity contribution in [2.75, 3.05) is 0 Å². The number of fused-ring (bicyclic) bond motifs is 2. The second-order valence-electron chi connectivity index (χ2n) is 12.4. The molecule has 0 aromatic rings. The van der Waals surface area contributed by atoms with Gasteiger partial charge in [-0.3, -0.25) is 14.4 Å². The van der Waals surface area contributed by atoms with Crippen LogP contribution in [0.2, 0.25) is 0 Å². The van der Waals surface area contributed by atoms with Crippen molar-refractivity contribution >= 4 is 17.3 Å². The highest BCUT2D eigenvalue weighted by Crippen LogP contribution is 2.74. The lowest BCUT2D eigenvalue weighted by molar-refractivity contribution is -0.164. The zero-order valence-corrected chi connectivity index (χ0v) is 21.2. The van der Waals surface area contributed by atoms with Gasteiger partial charge in [0.2, 0.25) is 0 Å². The van der Waals surface area contributed by atoms with Crippen molar-refractivity contribution < 1.29 is 14.4 Å². The molecule has 0 radical (unpaired) electrons. The molecule has 0 aromatic carbocycles. The largest absolute Gasteiger partial charge is 0.299 e. The smallest absolute Gasteiger partial charge is 0.160 e. The molecular formula is C29H42O3. The molecule has 3 fully saturated rings. The molecule has 4 aliphatic rings. The maximum atomic E-state index is 13.8. The van der Waals surface area contributed by atoms with E-state index in [1.165, 1.54) is 5.57 Å². The second kappa shape index (κ2) is 7.77. The third-order valence-electron chi connectivity index (χ3n) is 10.8. The lowest BCUT2D eigenvalue weighted by Gasteiger charge is -2.60. The Labute approximate surface area is 194 Å². The number of carbonyl (C=O) groups excluding carboxylic acids is 3. The van der Waals surface area contributed by atoms with E-state index in [1.54, 1.807) is 6.08 Å². The molecule has 3 saturated carbocycles. The number of ketones is 3. The zero-order valence-electron chi connectivity index (χ0n) is 21.2. The maximum absolute atomic E-state index is 13.8. The van der Waals surface area contributed by atoms with Gasteiger partial charge in [-0.15, -0.1) is 0 Å². The van der Waals surface area contributed by atoms with Gasteiger partial charge < -0.3 is 0 Å². The third kappa shape index (κ3) is 3.09. The monoisotopic (exact) mass is 438 g/mol. The van der Waals surface area contributed by atoms with E-state index in [-0.39, 0.29) is 28.3 Å². The zero-order chi connectivity index (χ0) is 23.6. The van der Waals surface area contributed by atoms with Crippen LogP contribution in [0.3, 0.4) is 0 Å². The Kier molecular flexibility index (Phi) is 5.74. The van der Waals surface area contributed by atoms with Crippen molar-refractivity contribution in [2.24, 2.45) is 45.8 Å². The topological polar surface area (TPSA) is 51.2 Å². The Morgan fingerprint density at radius 2 is 1.72 bits per heavy atom. The summed E-state index contributed by atoms with van der Waals surface area (Å²) in [5, 5.41) is 0. The van der Waals surface area contributed by atoms with Crippen molar-refractivity contribution in [3.05, 3.63) is 23.3 Å². The summed E-state index contributed by atoms with van der Waals surface area (Å²) in [6.45, 7) is 16.0. The van der Waals surface area contributed by atoms with E-state index < -0.39 is 5.41 Å². The van der Waals surface area contributed by atoms with Gasteiger partial charge in [0, 0.05) is 35.7 Å². The Hall–Kier alpha value is -1.51. The summed E-state index contributed by atoms with van der Waals surface area (Å²) >= 11 is 0. The summed E-state index contributed by atoms with van der Waals surface area (Å²) in [7, 11) is 0. The van der Waals surface area contributed by atoms with Crippen LogP contribution in [0.15, 0.2) is 23.3 Å². The van der Waals surface area contributed by atoms with Crippen LogP contribution >= 0.6 is 0 Å². The first-order valence-electron chi connectivity index (χ1n) is 12.9. The van der Waals surface area contributed by atoms with E-state index in [1.807, 2.05) is 0 Å². The highest BCUT2D eigenvalue weighted by atomic mass is 16.1. The summed E-state index contributed by atoms with van der Waals surface area (Å²) in [6, 6.07) is 0. The van der Waals surface area contributed by atoms with Gasteiger partial charge in [-0.05, 0) is 73.7 Å². The molecule has 0 amide bonds. The molecule has 0 heterocycles. The van der Waals surface area contributed by atoms with Gasteiger partial charge in [0.05, 0.1) is 0 Å². The van der Waals surface area contributed by atoms with Gasteiger partial charge >= 0.3 is 0 Å². The van der Waals surface area contributed by atoms with Crippen LogP contribution < -0.4 is 0 Å². The van der Waals surface area contributed by atoms with Crippen LogP contribution in [-0.4, -0.2) is 17.3 Å². The van der Waals surface area contributed by atoms with Crippen LogP contribution in [0.4, 0.5) is 0 Å². The molecule has 0 N–H and O–H groups in total. The Morgan fingerprint density at radius 1 is 1.03 bits per heavy atom. The summed E-state index contributed by atoms with van der Waals surface area (Å²) in [5.74, 6) is 2.59. The summed E-state index contributed by atoms with van der Waals surface area (Å²) in [5.41, 5.74) is 1.12. The Bertz CT molecular complexity index is 907. The van der Waals surface area contributed by atoms with E-state index in [9.17, 15) is 14.4 Å². The minimum atomic E-state index is -0.556. The van der Waals surface area contributed by atoms with Gasteiger partial charge in [0.15, 0.2) is 11.6 Å². The number of Topliss-reactive ketones (excluding diaryl/α,β-unsaturated/α-hetero) is 2. The molecule has 4 aliphatic carbocycles. The number of hydrogen-bond donors (Lipinski definition) is 0. The molecule has 0 aromatic heterocycles. The molecule has 0 bridgehead atoms. The van der Waals surface area contributed by atoms with Gasteiger partial charge in [0.1, 0.15) is 5.78 Å². The lowest BCUT2D eigenvalue weighted by Crippen LogP contribution is -2.61. The minimum absolute atomic E-state index is 0.0618. The lowest BCUT2D eigenvalue weighted by atomic mass is 9.41. The highest BCUT2D eigenvalue weighted by molar-refractivity contribution is 6.08. The quantitative estimate of drug-likeness (QED) is 0.470. The third-order valence-corrected chi connectivity index (χ3v) is 10.8. The average molecular weight is 439 g/mol. The molecule has 0 saturated heterocycles. The molecule has 176 valence electrons. The maximum Gasteiger partial charge on any atom is 0.160 e. The Morgan fingerprint density at radius 3 is 2.38 bits per heavy atom. The molecule has 3 nitrogen and oxygen atoms in total. The molecule has 0 unspecified atom stereocenters. The molecule has 0 aliphatic heterocycles. The van der Waals surface area contributed by atoms with Crippen molar-refractivity contribution in [1.29, 1.82) is 0 Å². The summed E-state index contributed by atoms with van der Waals surface area (Å²) in [4.78, 5) is 39.4. The fourth-order valence-corrected chi connectivity index (χ4v) is 8.53. The van der Waals surface area contributed by atoms with Crippen LogP contribution in [0.1, 0.15) is 93.4 Å². The molecule has 3 heteroatoms. The summed E-state index contributed by atoms with van der Waals surface area (Å²) in [6.07, 6.45) is 9.14. The number of carbonyl (C=O) groups is 3. The fraction of sp³-hybridized carbons (Fsp3) is 0.759. The first-order valence-corrected chi connectivity index (χ1v) is 12.9. The molecule has 32 heavy (non-hydrogen) atoms. The number of rotatable bonds is 4. The highest BCUT2D eigenvalue weighted by Gasteiger charge is 2.72. The van der Waals surface area contributed by atoms with Gasteiger partial charge in [-0.1, -0.05) is 53.2 Å². The SMILES string of the molecule is C/C(=C/[C@@H](C)[C@H]1CCC(=O)[C@]23CC(=O)C4=CC(=O)CC[C@]4(C)[C@H]2CC[C@]13C)[C@H](C)C(C)C. The van der Waals surface area contributed by atoms with E-state index in [4.69, 9.17) is 0 Å². The molecular weight excluding hydrogens is 396 g/mol. The molecule has 1 spiro atoms. The predicted molar refractivity (Wildman–Crippen MR) is 128 cm³/mol. The van der Waals surface area contributed by atoms with E-state index in [0.29, 0.717) is 55.1 Å². The standard InChI is InChI=1S/C29H42O3/c1-17(2)20(5)18(3)14-19(4)22-8-9-26(32)29-16-24(31)23-15-21(30)10-12-27(23,6)25(29)11-13-28(22,29)7/h14-15,17,19-20,22,25H,8-13,16H2,1-7H3/b18-14-/t19-,20-,22-,25-,27+,28-,29+/m1/s1. The van der Waals surface area contributed by atoms with Crippen molar-refractivity contribution in [1.82, 2.24) is 0 Å². The van der Waals surface area contributed by atoms with Crippen LogP contribution in [0.5, 0.6) is 0 Å². The van der Waals surface area contributed by atoms with E-state index >= 15 is 0 Å². The Balaban J connectivity index is 1.76. The predicted octanol–water partition coefficient (Wildman–Crippen LogP) is 6.51. The normalized spacial score (nSPS) is 41.7. The average Bonchev–Trinajstić information content (AvgIpc) is 3.04. The van der Waals surface area contributed by atoms with Crippen molar-refractivity contribution in [2.45, 2.75) is 93.4 Å². The minimum Gasteiger partial charge on any atom is -0.299 e. The van der Waals surface area contributed by atoms with Crippen LogP contribution in [0.25, 0.3) is 0 Å². The number of allylic oxidation sites excluding steroid dienone is 4. The van der Waals surface area contributed by atoms with Gasteiger partial charge in [-0.2, -0.15) is 0 Å². The van der Waals surface area contributed by atoms with Crippen molar-refractivity contribution in [3.63, 3.8) is 0 Å². The van der Waals surface area contributed by atoms with Crippen LogP contribution in [0, 0.1) is 45.8 Å². The summed E-state index contributed by atoms with van der Waals surface area (Å²) < 4.78 is 0.